The van der Waals surface area contributed by atoms with E-state index in [4.69, 9.17) is 9.84 Å². The summed E-state index contributed by atoms with van der Waals surface area (Å²) >= 11 is 0. The first-order valence-corrected chi connectivity index (χ1v) is 7.76. The quantitative estimate of drug-likeness (QED) is 0.687. The van der Waals surface area contributed by atoms with Gasteiger partial charge in [-0.2, -0.15) is 0 Å². The second kappa shape index (κ2) is 8.51. The van der Waals surface area contributed by atoms with Crippen molar-refractivity contribution in [3.8, 4) is 5.75 Å². The molecule has 0 saturated carbocycles. The number of carboxylic acids is 1. The molecule has 0 aliphatic carbocycles. The van der Waals surface area contributed by atoms with E-state index in [1.165, 1.54) is 10.8 Å². The van der Waals surface area contributed by atoms with Gasteiger partial charge in [0.25, 0.3) is 0 Å². The zero-order valence-electron chi connectivity index (χ0n) is 13.8. The van der Waals surface area contributed by atoms with Gasteiger partial charge in [0.15, 0.2) is 0 Å². The van der Waals surface area contributed by atoms with E-state index >= 15 is 0 Å². The number of nitrogens with one attached hydrogen (secondary N) is 1. The summed E-state index contributed by atoms with van der Waals surface area (Å²) in [4.78, 5) is 10.9. The number of hydrogen-bond acceptors (Lipinski definition) is 3. The smallest absolute Gasteiger partial charge is 0.335 e. The molecule has 5 heteroatoms. The molecule has 0 aliphatic rings. The molecule has 3 rings (SSSR count). The predicted octanol–water partition coefficient (Wildman–Crippen LogP) is 0.840. The lowest BCUT2D eigenvalue weighted by atomic mass is 10.0. The fourth-order valence-electron chi connectivity index (χ4n) is 2.79. The van der Waals surface area contributed by atoms with Gasteiger partial charge in [0.05, 0.1) is 12.7 Å². The van der Waals surface area contributed by atoms with Gasteiger partial charge in [0.2, 0.25) is 0 Å². The minimum Gasteiger partial charge on any atom is -1.00 e. The van der Waals surface area contributed by atoms with Crippen molar-refractivity contribution >= 4 is 16.7 Å². The number of rotatable bonds is 6. The highest BCUT2D eigenvalue weighted by Gasteiger charge is 2.08. The summed E-state index contributed by atoms with van der Waals surface area (Å²) in [6.07, 6.45) is 0. The maximum Gasteiger partial charge on any atom is 0.335 e. The number of halogens is 1. The number of ether oxygens (including phenoxy) is 1. The fourth-order valence-corrected chi connectivity index (χ4v) is 2.79. The molecule has 25 heavy (non-hydrogen) atoms. The van der Waals surface area contributed by atoms with Crippen LogP contribution < -0.4 is 22.5 Å². The van der Waals surface area contributed by atoms with E-state index in [1.54, 1.807) is 19.2 Å². The maximum absolute atomic E-state index is 10.9. The van der Waals surface area contributed by atoms with Gasteiger partial charge in [-0.1, -0.05) is 42.5 Å². The van der Waals surface area contributed by atoms with Gasteiger partial charge in [-0.05, 0) is 34.5 Å². The van der Waals surface area contributed by atoms with E-state index < -0.39 is 5.97 Å². The lowest BCUT2D eigenvalue weighted by molar-refractivity contribution is -0.0000206. The lowest BCUT2D eigenvalue weighted by Gasteiger charge is -2.13. The molecule has 0 atom stereocenters. The van der Waals surface area contributed by atoms with Gasteiger partial charge in [0, 0.05) is 18.7 Å². The van der Waals surface area contributed by atoms with Crippen LogP contribution in [-0.2, 0) is 13.1 Å². The van der Waals surface area contributed by atoms with Crippen LogP contribution in [0.15, 0.2) is 60.7 Å². The van der Waals surface area contributed by atoms with Crippen molar-refractivity contribution in [2.45, 2.75) is 13.1 Å². The first kappa shape index (κ1) is 18.8. The van der Waals surface area contributed by atoms with Crippen LogP contribution >= 0.6 is 0 Å². The number of carboxylic acid groups (broad SMARTS) is 1. The molecule has 130 valence electrons. The average molecular weight is 357 g/mol. The summed E-state index contributed by atoms with van der Waals surface area (Å²) in [5.41, 5.74) is 2.46. The van der Waals surface area contributed by atoms with Crippen molar-refractivity contribution in [2.75, 3.05) is 7.11 Å². The third kappa shape index (κ3) is 4.29. The molecule has 2 N–H and O–H groups in total. The first-order chi connectivity index (χ1) is 11.7. The predicted molar refractivity (Wildman–Crippen MR) is 94.4 cm³/mol. The Hall–Kier alpha value is -2.56. The van der Waals surface area contributed by atoms with E-state index in [-0.39, 0.29) is 12.4 Å². The Bertz CT molecular complexity index is 862. The van der Waals surface area contributed by atoms with Crippen molar-refractivity contribution in [3.05, 3.63) is 77.4 Å². The molecule has 4 nitrogen and oxygen atoms in total. The Morgan fingerprint density at radius 2 is 1.72 bits per heavy atom. The summed E-state index contributed by atoms with van der Waals surface area (Å²) in [5.74, 6) is -0.0440. The van der Waals surface area contributed by atoms with Crippen LogP contribution in [0.2, 0.25) is 0 Å². The molecule has 0 unspecified atom stereocenters. The number of aromatic carboxylic acids is 1. The molecule has 3 aromatic carbocycles. The maximum atomic E-state index is 10.9. The summed E-state index contributed by atoms with van der Waals surface area (Å²) in [7, 11) is 1.68. The van der Waals surface area contributed by atoms with Crippen LogP contribution in [0, 0.1) is 0 Å². The van der Waals surface area contributed by atoms with Crippen molar-refractivity contribution < 1.29 is 27.0 Å². The molecule has 0 aromatic heterocycles. The summed E-state index contributed by atoms with van der Waals surface area (Å²) < 4.78 is 5.49. The molecule has 0 heterocycles. The zero-order valence-corrected chi connectivity index (χ0v) is 14.6. The van der Waals surface area contributed by atoms with E-state index in [0.717, 1.165) is 16.9 Å². The van der Waals surface area contributed by atoms with Crippen molar-refractivity contribution in [1.82, 2.24) is 5.32 Å². The highest BCUT2D eigenvalue weighted by atomic mass is 35.5. The van der Waals surface area contributed by atoms with Gasteiger partial charge in [0.1, 0.15) is 5.75 Å². The molecule has 0 amide bonds. The van der Waals surface area contributed by atoms with Crippen LogP contribution in [0.4, 0.5) is 0 Å². The van der Waals surface area contributed by atoms with Crippen molar-refractivity contribution in [2.24, 2.45) is 0 Å². The van der Waals surface area contributed by atoms with Gasteiger partial charge in [-0.15, -0.1) is 0 Å². The van der Waals surface area contributed by atoms with Gasteiger partial charge < -0.3 is 27.6 Å². The highest BCUT2D eigenvalue weighted by molar-refractivity contribution is 5.88. The Labute approximate surface area is 152 Å². The third-order valence-electron chi connectivity index (χ3n) is 4.05. The number of carbonyl (C=O) groups is 1. The number of benzene rings is 3. The van der Waals surface area contributed by atoms with E-state index in [1.807, 2.05) is 30.3 Å². The molecular formula is C20H19ClNO3-. The molecule has 3 aromatic rings. The van der Waals surface area contributed by atoms with Crippen LogP contribution in [0.1, 0.15) is 21.5 Å². The van der Waals surface area contributed by atoms with Crippen LogP contribution in [0.3, 0.4) is 0 Å². The largest absolute Gasteiger partial charge is 1.00 e. The van der Waals surface area contributed by atoms with Crippen LogP contribution in [0.25, 0.3) is 10.8 Å². The van der Waals surface area contributed by atoms with Gasteiger partial charge in [-0.25, -0.2) is 4.79 Å². The fraction of sp³-hybridized carbons (Fsp3) is 0.150. The molecular weight excluding hydrogens is 338 g/mol. The Morgan fingerprint density at radius 1 is 1.00 bits per heavy atom. The van der Waals surface area contributed by atoms with Gasteiger partial charge >= 0.3 is 5.97 Å². The highest BCUT2D eigenvalue weighted by Crippen LogP contribution is 2.27. The molecule has 0 spiro atoms. The summed E-state index contributed by atoms with van der Waals surface area (Å²) in [6, 6.07) is 19.2. The third-order valence-corrected chi connectivity index (χ3v) is 4.05. The summed E-state index contributed by atoms with van der Waals surface area (Å²) in [5, 5.41) is 14.7. The number of methoxy groups -OCH3 is 1. The molecule has 0 saturated heterocycles. The summed E-state index contributed by atoms with van der Waals surface area (Å²) in [6.45, 7) is 1.33. The van der Waals surface area contributed by atoms with E-state index in [9.17, 15) is 4.79 Å². The van der Waals surface area contributed by atoms with E-state index in [0.29, 0.717) is 18.7 Å². The zero-order chi connectivity index (χ0) is 16.9. The molecule has 0 radical (unpaired) electrons. The Kier molecular flexibility index (Phi) is 6.39. The minimum absolute atomic E-state index is 0. The van der Waals surface area contributed by atoms with Crippen molar-refractivity contribution in [1.29, 1.82) is 0 Å². The topological polar surface area (TPSA) is 58.6 Å². The van der Waals surface area contributed by atoms with E-state index in [2.05, 4.69) is 23.5 Å². The molecule has 0 fully saturated rings. The average Bonchev–Trinajstić information content (AvgIpc) is 2.62. The van der Waals surface area contributed by atoms with Crippen molar-refractivity contribution in [3.63, 3.8) is 0 Å². The Balaban J connectivity index is 0.00000225. The second-order valence-electron chi connectivity index (χ2n) is 5.57. The Morgan fingerprint density at radius 3 is 2.40 bits per heavy atom. The lowest BCUT2D eigenvalue weighted by Crippen LogP contribution is -3.00. The second-order valence-corrected chi connectivity index (χ2v) is 5.57. The number of hydrogen-bond donors (Lipinski definition) is 2. The number of fused-ring (bicyclic) bond motifs is 1. The minimum atomic E-state index is -0.907. The first-order valence-electron chi connectivity index (χ1n) is 7.76. The SMILES string of the molecule is COc1ccc2ccccc2c1CNCc1ccc(C(=O)O)cc1.[Cl-]. The molecule has 0 bridgehead atoms. The normalized spacial score (nSPS) is 10.3. The molecule has 0 aliphatic heterocycles. The van der Waals surface area contributed by atoms with Crippen LogP contribution in [-0.4, -0.2) is 18.2 Å². The monoisotopic (exact) mass is 356 g/mol. The van der Waals surface area contributed by atoms with Gasteiger partial charge in [-0.3, -0.25) is 0 Å². The van der Waals surface area contributed by atoms with Crippen LogP contribution in [0.5, 0.6) is 5.75 Å². The standard InChI is InChI=1S/C20H19NO3.ClH/c1-24-19-11-10-15-4-2-3-5-17(15)18(19)13-21-12-14-6-8-16(9-7-14)20(22)23;/h2-11,21H,12-13H2,1H3,(H,22,23);1H/p-1.